The first kappa shape index (κ1) is 14.9. The van der Waals surface area contributed by atoms with Gasteiger partial charge in [-0.15, -0.1) is 0 Å². The maximum Gasteiger partial charge on any atom is 0.0630 e. The predicted octanol–water partition coefficient (Wildman–Crippen LogP) is 0.637. The minimum absolute atomic E-state index is 0.260. The van der Waals surface area contributed by atoms with Crippen molar-refractivity contribution in [1.82, 2.24) is 15.1 Å². The molecule has 0 aliphatic carbocycles. The van der Waals surface area contributed by atoms with Gasteiger partial charge in [-0.1, -0.05) is 6.92 Å². The number of rotatable bonds is 6. The summed E-state index contributed by atoms with van der Waals surface area (Å²) < 4.78 is 5.35. The standard InChI is InChI=1S/C13H29N3O/c1-6-14-9-12(10-17-5)16-8-7-15(4)13(2,3)11-16/h12,14H,6-11H2,1-5H3. The van der Waals surface area contributed by atoms with E-state index in [1.807, 2.05) is 0 Å². The van der Waals surface area contributed by atoms with Crippen LogP contribution in [0.15, 0.2) is 0 Å². The molecule has 4 heteroatoms. The van der Waals surface area contributed by atoms with Crippen LogP contribution in [0.1, 0.15) is 20.8 Å². The molecule has 1 aliphatic rings. The molecule has 17 heavy (non-hydrogen) atoms. The summed E-state index contributed by atoms with van der Waals surface area (Å²) in [4.78, 5) is 5.01. The fraction of sp³-hybridized carbons (Fsp3) is 1.00. The van der Waals surface area contributed by atoms with E-state index in [4.69, 9.17) is 4.74 Å². The number of hydrogen-bond donors (Lipinski definition) is 1. The van der Waals surface area contributed by atoms with Gasteiger partial charge in [-0.25, -0.2) is 0 Å². The second-order valence-electron chi connectivity index (χ2n) is 5.62. The van der Waals surface area contributed by atoms with Gasteiger partial charge in [-0.05, 0) is 27.4 Å². The monoisotopic (exact) mass is 243 g/mol. The molecule has 0 radical (unpaired) electrons. The number of methoxy groups -OCH3 is 1. The zero-order valence-electron chi connectivity index (χ0n) is 12.1. The zero-order chi connectivity index (χ0) is 12.9. The van der Waals surface area contributed by atoms with Crippen molar-refractivity contribution in [2.75, 3.05) is 53.5 Å². The van der Waals surface area contributed by atoms with Gasteiger partial charge >= 0.3 is 0 Å². The third kappa shape index (κ3) is 4.21. The van der Waals surface area contributed by atoms with E-state index >= 15 is 0 Å². The Balaban J connectivity index is 2.55. The molecule has 0 spiro atoms. The van der Waals surface area contributed by atoms with E-state index in [0.29, 0.717) is 6.04 Å². The average Bonchev–Trinajstić information content (AvgIpc) is 2.28. The highest BCUT2D eigenvalue weighted by molar-refractivity contribution is 4.91. The summed E-state index contributed by atoms with van der Waals surface area (Å²) in [6.07, 6.45) is 0. The molecule has 1 fully saturated rings. The highest BCUT2D eigenvalue weighted by atomic mass is 16.5. The van der Waals surface area contributed by atoms with Gasteiger partial charge in [0.2, 0.25) is 0 Å². The van der Waals surface area contributed by atoms with Crippen LogP contribution >= 0.6 is 0 Å². The SMILES string of the molecule is CCNCC(COC)N1CCN(C)C(C)(C)C1. The summed E-state index contributed by atoms with van der Waals surface area (Å²) >= 11 is 0. The summed E-state index contributed by atoms with van der Waals surface area (Å²) in [5.41, 5.74) is 0.260. The molecule has 0 aromatic rings. The molecule has 1 atom stereocenters. The number of piperazine rings is 1. The molecule has 0 bridgehead atoms. The van der Waals surface area contributed by atoms with Crippen molar-refractivity contribution in [3.8, 4) is 0 Å². The first-order valence-electron chi connectivity index (χ1n) is 6.66. The summed E-state index contributed by atoms with van der Waals surface area (Å²) in [5, 5.41) is 3.43. The Labute approximate surface area is 106 Å². The summed E-state index contributed by atoms with van der Waals surface area (Å²) in [6.45, 7) is 13.0. The van der Waals surface area contributed by atoms with Crippen LogP contribution in [0.4, 0.5) is 0 Å². The van der Waals surface area contributed by atoms with Gasteiger partial charge in [0, 0.05) is 44.9 Å². The van der Waals surface area contributed by atoms with Crippen LogP contribution in [-0.4, -0.2) is 74.9 Å². The number of nitrogens with zero attached hydrogens (tertiary/aromatic N) is 2. The van der Waals surface area contributed by atoms with Gasteiger partial charge in [0.05, 0.1) is 6.61 Å². The number of likely N-dealkylation sites (N-methyl/N-ethyl adjacent to an activating group) is 2. The van der Waals surface area contributed by atoms with E-state index in [1.54, 1.807) is 7.11 Å². The van der Waals surface area contributed by atoms with E-state index in [9.17, 15) is 0 Å². The highest BCUT2D eigenvalue weighted by Gasteiger charge is 2.33. The largest absolute Gasteiger partial charge is 0.383 e. The minimum Gasteiger partial charge on any atom is -0.383 e. The van der Waals surface area contributed by atoms with Crippen LogP contribution in [0.5, 0.6) is 0 Å². The van der Waals surface area contributed by atoms with Gasteiger partial charge < -0.3 is 10.1 Å². The summed E-state index contributed by atoms with van der Waals surface area (Å²) in [5.74, 6) is 0. The Morgan fingerprint density at radius 1 is 1.35 bits per heavy atom. The second kappa shape index (κ2) is 6.69. The molecule has 1 saturated heterocycles. The molecule has 0 amide bonds. The van der Waals surface area contributed by atoms with Gasteiger partial charge in [0.15, 0.2) is 0 Å². The van der Waals surface area contributed by atoms with Gasteiger partial charge in [0.1, 0.15) is 0 Å². The summed E-state index contributed by atoms with van der Waals surface area (Å²) in [6, 6.07) is 0.493. The molecule has 1 aliphatic heterocycles. The molecule has 102 valence electrons. The van der Waals surface area contributed by atoms with Crippen LogP contribution in [0.25, 0.3) is 0 Å². The lowest BCUT2D eigenvalue weighted by atomic mass is 9.98. The van der Waals surface area contributed by atoms with Crippen molar-refractivity contribution < 1.29 is 4.74 Å². The fourth-order valence-corrected chi connectivity index (χ4v) is 2.39. The zero-order valence-corrected chi connectivity index (χ0v) is 12.1. The quantitative estimate of drug-likeness (QED) is 0.741. The molecule has 1 rings (SSSR count). The minimum atomic E-state index is 0.260. The first-order chi connectivity index (χ1) is 8.01. The Morgan fingerprint density at radius 2 is 2.06 bits per heavy atom. The number of hydrogen-bond acceptors (Lipinski definition) is 4. The van der Waals surface area contributed by atoms with Gasteiger partial charge in [-0.3, -0.25) is 9.80 Å². The first-order valence-corrected chi connectivity index (χ1v) is 6.66. The predicted molar refractivity (Wildman–Crippen MR) is 72.5 cm³/mol. The smallest absolute Gasteiger partial charge is 0.0630 e. The molecule has 1 unspecified atom stereocenters. The van der Waals surface area contributed by atoms with Crippen molar-refractivity contribution in [3.63, 3.8) is 0 Å². The Morgan fingerprint density at radius 3 is 2.59 bits per heavy atom. The third-order valence-electron chi connectivity index (χ3n) is 3.85. The Hall–Kier alpha value is -0.160. The van der Waals surface area contributed by atoms with Gasteiger partial charge in [0.25, 0.3) is 0 Å². The van der Waals surface area contributed by atoms with E-state index in [2.05, 4.69) is 42.9 Å². The van der Waals surface area contributed by atoms with Crippen LogP contribution in [0, 0.1) is 0 Å². The maximum atomic E-state index is 5.35. The average molecular weight is 243 g/mol. The lowest BCUT2D eigenvalue weighted by Crippen LogP contribution is -2.61. The molecular weight excluding hydrogens is 214 g/mol. The molecule has 0 aromatic heterocycles. The third-order valence-corrected chi connectivity index (χ3v) is 3.85. The topological polar surface area (TPSA) is 27.7 Å². The van der Waals surface area contributed by atoms with Crippen molar-refractivity contribution in [1.29, 1.82) is 0 Å². The van der Waals surface area contributed by atoms with Crippen LogP contribution < -0.4 is 5.32 Å². The van der Waals surface area contributed by atoms with Crippen LogP contribution in [0.3, 0.4) is 0 Å². The van der Waals surface area contributed by atoms with E-state index < -0.39 is 0 Å². The molecule has 4 nitrogen and oxygen atoms in total. The molecule has 1 N–H and O–H groups in total. The van der Waals surface area contributed by atoms with E-state index in [0.717, 1.165) is 39.3 Å². The van der Waals surface area contributed by atoms with Crippen molar-refractivity contribution in [2.45, 2.75) is 32.4 Å². The molecule has 0 aromatic carbocycles. The van der Waals surface area contributed by atoms with Crippen LogP contribution in [0.2, 0.25) is 0 Å². The van der Waals surface area contributed by atoms with Gasteiger partial charge in [-0.2, -0.15) is 0 Å². The Kier molecular flexibility index (Phi) is 5.86. The lowest BCUT2D eigenvalue weighted by molar-refractivity contribution is -0.00387. The van der Waals surface area contributed by atoms with E-state index in [1.165, 1.54) is 0 Å². The van der Waals surface area contributed by atoms with Crippen molar-refractivity contribution >= 4 is 0 Å². The van der Waals surface area contributed by atoms with Crippen molar-refractivity contribution in [3.05, 3.63) is 0 Å². The lowest BCUT2D eigenvalue weighted by Gasteiger charge is -2.47. The Bertz CT molecular complexity index is 221. The fourth-order valence-electron chi connectivity index (χ4n) is 2.39. The summed E-state index contributed by atoms with van der Waals surface area (Å²) in [7, 11) is 4.01. The number of nitrogens with one attached hydrogen (secondary N) is 1. The van der Waals surface area contributed by atoms with Crippen molar-refractivity contribution in [2.24, 2.45) is 0 Å². The highest BCUT2D eigenvalue weighted by Crippen LogP contribution is 2.20. The normalized spacial score (nSPS) is 23.8. The number of ether oxygens (including phenoxy) is 1. The maximum absolute atomic E-state index is 5.35. The van der Waals surface area contributed by atoms with Crippen LogP contribution in [-0.2, 0) is 4.74 Å². The molecule has 1 heterocycles. The molecular formula is C13H29N3O. The second-order valence-corrected chi connectivity index (χ2v) is 5.62. The van der Waals surface area contributed by atoms with E-state index in [-0.39, 0.29) is 5.54 Å². The molecule has 0 saturated carbocycles.